The monoisotopic (exact) mass is 230 g/mol. The molecule has 0 unspecified atom stereocenters. The molecule has 0 amide bonds. The molecule has 1 aromatic heterocycles. The molecule has 0 saturated carbocycles. The number of furan rings is 1. The molecule has 2 aromatic rings. The van der Waals surface area contributed by atoms with Crippen LogP contribution in [0, 0.1) is 0 Å². The van der Waals surface area contributed by atoms with E-state index in [9.17, 15) is 0 Å². The van der Waals surface area contributed by atoms with E-state index in [1.54, 1.807) is 12.5 Å². The molecule has 3 nitrogen and oxygen atoms in total. The molecule has 0 spiro atoms. The molecular formula is C14H18N2O. The number of nitrogens with zero attached hydrogens (tertiary/aromatic N) is 1. The first-order valence-electron chi connectivity index (χ1n) is 5.78. The van der Waals surface area contributed by atoms with Crippen LogP contribution in [0.5, 0.6) is 0 Å². The van der Waals surface area contributed by atoms with Gasteiger partial charge in [-0.3, -0.25) is 0 Å². The Morgan fingerprint density at radius 1 is 1.12 bits per heavy atom. The van der Waals surface area contributed by atoms with E-state index in [0.717, 1.165) is 25.2 Å². The first-order chi connectivity index (χ1) is 8.24. The van der Waals surface area contributed by atoms with E-state index in [1.807, 2.05) is 18.2 Å². The number of hydrogen-bond acceptors (Lipinski definition) is 3. The number of nitrogen functional groups attached to an aromatic ring is 1. The Morgan fingerprint density at radius 2 is 1.88 bits per heavy atom. The Labute approximate surface area is 102 Å². The summed E-state index contributed by atoms with van der Waals surface area (Å²) in [5.74, 6) is 0. The normalized spacial score (nSPS) is 10.9. The first kappa shape index (κ1) is 11.7. The van der Waals surface area contributed by atoms with E-state index in [4.69, 9.17) is 10.2 Å². The Hall–Kier alpha value is -1.74. The van der Waals surface area contributed by atoms with E-state index < -0.39 is 0 Å². The first-order valence-corrected chi connectivity index (χ1v) is 5.78. The molecule has 0 bridgehead atoms. The standard InChI is InChI=1S/C14H18N2O/c1-16(10-13-7-9-17-11-13)8-6-12-2-4-14(15)5-3-12/h2-5,7,9,11H,6,8,10,15H2,1H3. The van der Waals surface area contributed by atoms with Gasteiger partial charge in [-0.15, -0.1) is 0 Å². The van der Waals surface area contributed by atoms with Gasteiger partial charge in [0.05, 0.1) is 12.5 Å². The van der Waals surface area contributed by atoms with E-state index in [-0.39, 0.29) is 0 Å². The predicted molar refractivity (Wildman–Crippen MR) is 69.6 cm³/mol. The van der Waals surface area contributed by atoms with Gasteiger partial charge in [0.1, 0.15) is 0 Å². The Kier molecular flexibility index (Phi) is 3.83. The summed E-state index contributed by atoms with van der Waals surface area (Å²) in [5.41, 5.74) is 9.00. The van der Waals surface area contributed by atoms with Crippen molar-refractivity contribution in [2.45, 2.75) is 13.0 Å². The van der Waals surface area contributed by atoms with E-state index in [2.05, 4.69) is 24.1 Å². The highest BCUT2D eigenvalue weighted by atomic mass is 16.3. The van der Waals surface area contributed by atoms with Crippen LogP contribution in [0.25, 0.3) is 0 Å². The molecule has 0 aliphatic carbocycles. The molecule has 0 fully saturated rings. The third-order valence-corrected chi connectivity index (χ3v) is 2.79. The Bertz CT molecular complexity index is 434. The zero-order valence-electron chi connectivity index (χ0n) is 10.1. The van der Waals surface area contributed by atoms with Gasteiger partial charge in [-0.1, -0.05) is 12.1 Å². The van der Waals surface area contributed by atoms with Crippen molar-refractivity contribution in [3.63, 3.8) is 0 Å². The minimum absolute atomic E-state index is 0.820. The average Bonchev–Trinajstić information content (AvgIpc) is 2.81. The van der Waals surface area contributed by atoms with Crippen LogP contribution in [0.1, 0.15) is 11.1 Å². The molecular weight excluding hydrogens is 212 g/mol. The molecule has 0 saturated heterocycles. The third kappa shape index (κ3) is 3.64. The average molecular weight is 230 g/mol. The molecule has 3 heteroatoms. The van der Waals surface area contributed by atoms with Crippen molar-refractivity contribution < 1.29 is 4.42 Å². The van der Waals surface area contributed by atoms with Crippen molar-refractivity contribution in [3.8, 4) is 0 Å². The molecule has 17 heavy (non-hydrogen) atoms. The van der Waals surface area contributed by atoms with Crippen LogP contribution in [0.4, 0.5) is 5.69 Å². The maximum atomic E-state index is 5.65. The SMILES string of the molecule is CN(CCc1ccc(N)cc1)Cc1ccoc1. The lowest BCUT2D eigenvalue weighted by molar-refractivity contribution is 0.330. The molecule has 0 aliphatic rings. The largest absolute Gasteiger partial charge is 0.472 e. The molecule has 90 valence electrons. The van der Waals surface area contributed by atoms with Crippen molar-refractivity contribution in [3.05, 3.63) is 54.0 Å². The summed E-state index contributed by atoms with van der Waals surface area (Å²) < 4.78 is 5.05. The summed E-state index contributed by atoms with van der Waals surface area (Å²) in [5, 5.41) is 0. The van der Waals surface area contributed by atoms with Crippen LogP contribution in [0.3, 0.4) is 0 Å². The molecule has 0 radical (unpaired) electrons. The van der Waals surface area contributed by atoms with Crippen LogP contribution in [0.15, 0.2) is 47.3 Å². The zero-order chi connectivity index (χ0) is 12.1. The number of hydrogen-bond donors (Lipinski definition) is 1. The fraction of sp³-hybridized carbons (Fsp3) is 0.286. The van der Waals surface area contributed by atoms with Crippen LogP contribution in [-0.2, 0) is 13.0 Å². The summed E-state index contributed by atoms with van der Waals surface area (Å²) in [6.07, 6.45) is 4.54. The minimum atomic E-state index is 0.820. The highest BCUT2D eigenvalue weighted by Gasteiger charge is 2.02. The van der Waals surface area contributed by atoms with Crippen LogP contribution >= 0.6 is 0 Å². The summed E-state index contributed by atoms with van der Waals surface area (Å²) in [4.78, 5) is 2.28. The van der Waals surface area contributed by atoms with Gasteiger partial charge in [-0.2, -0.15) is 0 Å². The fourth-order valence-corrected chi connectivity index (χ4v) is 1.78. The number of anilines is 1. The van der Waals surface area contributed by atoms with Gasteiger partial charge in [-0.05, 0) is 37.2 Å². The lowest BCUT2D eigenvalue weighted by Crippen LogP contribution is -2.20. The van der Waals surface area contributed by atoms with Crippen LogP contribution < -0.4 is 5.73 Å². The lowest BCUT2D eigenvalue weighted by atomic mass is 10.1. The Morgan fingerprint density at radius 3 is 2.53 bits per heavy atom. The van der Waals surface area contributed by atoms with Crippen molar-refractivity contribution in [1.82, 2.24) is 4.90 Å². The molecule has 0 atom stereocenters. The Balaban J connectivity index is 1.79. The van der Waals surface area contributed by atoms with E-state index in [0.29, 0.717) is 0 Å². The van der Waals surface area contributed by atoms with E-state index >= 15 is 0 Å². The highest BCUT2D eigenvalue weighted by Crippen LogP contribution is 2.08. The second-order valence-corrected chi connectivity index (χ2v) is 4.36. The number of likely N-dealkylation sites (N-methyl/N-ethyl adjacent to an activating group) is 1. The molecule has 2 rings (SSSR count). The van der Waals surface area contributed by atoms with Gasteiger partial charge < -0.3 is 15.1 Å². The van der Waals surface area contributed by atoms with Gasteiger partial charge in [0.2, 0.25) is 0 Å². The second-order valence-electron chi connectivity index (χ2n) is 4.36. The predicted octanol–water partition coefficient (Wildman–Crippen LogP) is 2.54. The highest BCUT2D eigenvalue weighted by molar-refractivity contribution is 5.39. The number of rotatable bonds is 5. The molecule has 1 heterocycles. The quantitative estimate of drug-likeness (QED) is 0.803. The topological polar surface area (TPSA) is 42.4 Å². The number of nitrogens with two attached hydrogens (primary N) is 1. The maximum Gasteiger partial charge on any atom is 0.0947 e. The molecule has 0 aliphatic heterocycles. The second kappa shape index (κ2) is 5.55. The van der Waals surface area contributed by atoms with E-state index in [1.165, 1.54) is 11.1 Å². The van der Waals surface area contributed by atoms with Crippen molar-refractivity contribution in [2.24, 2.45) is 0 Å². The van der Waals surface area contributed by atoms with Crippen molar-refractivity contribution >= 4 is 5.69 Å². The zero-order valence-corrected chi connectivity index (χ0v) is 10.1. The summed E-state index contributed by atoms with van der Waals surface area (Å²) in [6, 6.07) is 10.1. The summed E-state index contributed by atoms with van der Waals surface area (Å²) in [6.45, 7) is 1.95. The maximum absolute atomic E-state index is 5.65. The van der Waals surface area contributed by atoms with Crippen LogP contribution in [-0.4, -0.2) is 18.5 Å². The lowest BCUT2D eigenvalue weighted by Gasteiger charge is -2.15. The summed E-state index contributed by atoms with van der Waals surface area (Å²) >= 11 is 0. The fourth-order valence-electron chi connectivity index (χ4n) is 1.78. The van der Waals surface area contributed by atoms with Gasteiger partial charge >= 0.3 is 0 Å². The van der Waals surface area contributed by atoms with Gasteiger partial charge in [-0.25, -0.2) is 0 Å². The van der Waals surface area contributed by atoms with Gasteiger partial charge in [0.25, 0.3) is 0 Å². The van der Waals surface area contributed by atoms with Gasteiger partial charge in [0, 0.05) is 24.3 Å². The van der Waals surface area contributed by atoms with Crippen molar-refractivity contribution in [2.75, 3.05) is 19.3 Å². The van der Waals surface area contributed by atoms with Crippen molar-refractivity contribution in [1.29, 1.82) is 0 Å². The third-order valence-electron chi connectivity index (χ3n) is 2.79. The smallest absolute Gasteiger partial charge is 0.0947 e. The minimum Gasteiger partial charge on any atom is -0.472 e. The van der Waals surface area contributed by atoms with Gasteiger partial charge in [0.15, 0.2) is 0 Å². The number of benzene rings is 1. The van der Waals surface area contributed by atoms with Crippen LogP contribution in [0.2, 0.25) is 0 Å². The molecule has 1 aromatic carbocycles. The molecule has 2 N–H and O–H groups in total. The summed E-state index contributed by atoms with van der Waals surface area (Å²) in [7, 11) is 2.12.